The van der Waals surface area contributed by atoms with E-state index in [9.17, 15) is 9.90 Å². The van der Waals surface area contributed by atoms with Gasteiger partial charge in [-0.1, -0.05) is 39.8 Å². The van der Waals surface area contributed by atoms with Crippen LogP contribution in [0.1, 0.15) is 69.4 Å². The van der Waals surface area contributed by atoms with Gasteiger partial charge in [-0.05, 0) is 55.7 Å². The van der Waals surface area contributed by atoms with E-state index in [0.717, 1.165) is 18.4 Å². The van der Waals surface area contributed by atoms with Gasteiger partial charge in [-0.15, -0.1) is 0 Å². The molecule has 0 radical (unpaired) electrons. The fraction of sp³-hybridized carbons (Fsp3) is 0.650. The molecule has 0 spiro atoms. The Morgan fingerprint density at radius 3 is 2.17 bits per heavy atom. The first-order valence-corrected chi connectivity index (χ1v) is 8.70. The van der Waals surface area contributed by atoms with Crippen LogP contribution in [-0.4, -0.2) is 23.3 Å². The van der Waals surface area contributed by atoms with Crippen molar-refractivity contribution in [3.63, 3.8) is 0 Å². The molecule has 0 amide bonds. The van der Waals surface area contributed by atoms with Crippen LogP contribution in [0.4, 0.5) is 0 Å². The third kappa shape index (κ3) is 6.74. The van der Waals surface area contributed by atoms with Crippen molar-refractivity contribution >= 4 is 5.97 Å². The Labute approximate surface area is 141 Å². The second-order valence-corrected chi connectivity index (χ2v) is 7.44. The largest absolute Gasteiger partial charge is 0.459 e. The van der Waals surface area contributed by atoms with Crippen LogP contribution < -0.4 is 0 Å². The third-order valence-electron chi connectivity index (χ3n) is 3.71. The van der Waals surface area contributed by atoms with Crippen molar-refractivity contribution < 1.29 is 14.6 Å². The third-order valence-corrected chi connectivity index (χ3v) is 3.71. The minimum atomic E-state index is -0.472. The van der Waals surface area contributed by atoms with Crippen molar-refractivity contribution in [2.24, 2.45) is 11.8 Å². The first-order valence-electron chi connectivity index (χ1n) is 8.70. The summed E-state index contributed by atoms with van der Waals surface area (Å²) in [6.07, 6.45) is 1.53. The molecule has 2 atom stereocenters. The van der Waals surface area contributed by atoms with E-state index in [4.69, 9.17) is 4.74 Å². The maximum atomic E-state index is 12.6. The van der Waals surface area contributed by atoms with Crippen molar-refractivity contribution in [3.8, 4) is 0 Å². The minimum absolute atomic E-state index is 0.278. The van der Waals surface area contributed by atoms with Crippen LogP contribution in [0.5, 0.6) is 0 Å². The topological polar surface area (TPSA) is 46.5 Å². The van der Waals surface area contributed by atoms with E-state index >= 15 is 0 Å². The lowest BCUT2D eigenvalue weighted by molar-refractivity contribution is 0.0220. The van der Waals surface area contributed by atoms with Gasteiger partial charge in [0.05, 0.1) is 11.7 Å². The fourth-order valence-electron chi connectivity index (χ4n) is 2.88. The molecule has 1 N–H and O–H groups in total. The lowest BCUT2D eigenvalue weighted by atomic mass is 9.89. The Balaban J connectivity index is 3.05. The fourth-order valence-corrected chi connectivity index (χ4v) is 2.88. The quantitative estimate of drug-likeness (QED) is 0.722. The molecule has 1 aromatic rings. The van der Waals surface area contributed by atoms with E-state index in [1.165, 1.54) is 5.56 Å². The SMILES string of the molecule is CC(C)Cc1cccc(C(=O)OC(C)CC(C)O)c1CC(C)C. The smallest absolute Gasteiger partial charge is 0.338 e. The van der Waals surface area contributed by atoms with Crippen LogP contribution in [0.2, 0.25) is 0 Å². The number of aliphatic hydroxyl groups is 1. The Morgan fingerprint density at radius 1 is 1.04 bits per heavy atom. The normalized spacial score (nSPS) is 14.1. The maximum Gasteiger partial charge on any atom is 0.338 e. The average Bonchev–Trinajstić information content (AvgIpc) is 2.38. The summed E-state index contributed by atoms with van der Waals surface area (Å²) in [4.78, 5) is 12.6. The zero-order chi connectivity index (χ0) is 17.6. The second-order valence-electron chi connectivity index (χ2n) is 7.44. The average molecular weight is 320 g/mol. The Kier molecular flexibility index (Phi) is 7.77. The van der Waals surface area contributed by atoms with Crippen molar-refractivity contribution in [1.29, 1.82) is 0 Å². The van der Waals surface area contributed by atoms with Gasteiger partial charge < -0.3 is 9.84 Å². The van der Waals surface area contributed by atoms with Crippen molar-refractivity contribution in [3.05, 3.63) is 34.9 Å². The first-order chi connectivity index (χ1) is 10.7. The van der Waals surface area contributed by atoms with Crippen LogP contribution in [0.3, 0.4) is 0 Å². The lowest BCUT2D eigenvalue weighted by Crippen LogP contribution is -2.21. The molecule has 1 rings (SSSR count). The number of benzene rings is 1. The summed E-state index contributed by atoms with van der Waals surface area (Å²) in [6, 6.07) is 5.92. The zero-order valence-corrected chi connectivity index (χ0v) is 15.4. The van der Waals surface area contributed by atoms with E-state index < -0.39 is 6.10 Å². The molecule has 0 aliphatic carbocycles. The number of carbonyl (C=O) groups excluding carboxylic acids is 1. The predicted octanol–water partition coefficient (Wildman–Crippen LogP) is 4.40. The second kappa shape index (κ2) is 9.07. The number of carbonyl (C=O) groups is 1. The van der Waals surface area contributed by atoms with E-state index in [1.54, 1.807) is 6.92 Å². The Bertz CT molecular complexity index is 504. The number of hydrogen-bond acceptors (Lipinski definition) is 3. The molecule has 0 saturated heterocycles. The summed E-state index contributed by atoms with van der Waals surface area (Å²) in [5, 5.41) is 9.43. The van der Waals surface area contributed by atoms with Gasteiger partial charge in [-0.3, -0.25) is 0 Å². The van der Waals surface area contributed by atoms with E-state index in [0.29, 0.717) is 23.8 Å². The van der Waals surface area contributed by atoms with Gasteiger partial charge in [0.25, 0.3) is 0 Å². The minimum Gasteiger partial charge on any atom is -0.459 e. The highest BCUT2D eigenvalue weighted by molar-refractivity contribution is 5.91. The summed E-state index contributed by atoms with van der Waals surface area (Å²) in [5.74, 6) is 0.741. The molecule has 0 aliphatic rings. The Morgan fingerprint density at radius 2 is 1.65 bits per heavy atom. The van der Waals surface area contributed by atoms with Gasteiger partial charge in [0.1, 0.15) is 6.10 Å². The van der Waals surface area contributed by atoms with E-state index in [1.807, 2.05) is 19.1 Å². The van der Waals surface area contributed by atoms with Gasteiger partial charge in [0.2, 0.25) is 0 Å². The molecule has 0 bridgehead atoms. The summed E-state index contributed by atoms with van der Waals surface area (Å²) in [6.45, 7) is 12.2. The monoisotopic (exact) mass is 320 g/mol. The number of esters is 1. The highest BCUT2D eigenvalue weighted by Gasteiger charge is 2.20. The molecule has 3 heteroatoms. The van der Waals surface area contributed by atoms with Crippen LogP contribution in [0, 0.1) is 11.8 Å². The van der Waals surface area contributed by atoms with Crippen molar-refractivity contribution in [2.75, 3.05) is 0 Å². The van der Waals surface area contributed by atoms with Gasteiger partial charge in [0.15, 0.2) is 0 Å². The van der Waals surface area contributed by atoms with Crippen molar-refractivity contribution in [2.45, 2.75) is 73.0 Å². The summed E-state index contributed by atoms with van der Waals surface area (Å²) >= 11 is 0. The number of rotatable bonds is 8. The molecule has 0 aliphatic heterocycles. The van der Waals surface area contributed by atoms with Crippen LogP contribution in [0.25, 0.3) is 0 Å². The molecule has 0 fully saturated rings. The number of aliphatic hydroxyl groups excluding tert-OH is 1. The van der Waals surface area contributed by atoms with Gasteiger partial charge >= 0.3 is 5.97 Å². The van der Waals surface area contributed by atoms with Crippen LogP contribution in [-0.2, 0) is 17.6 Å². The summed E-state index contributed by atoms with van der Waals surface area (Å²) in [7, 11) is 0. The Hall–Kier alpha value is -1.35. The molecule has 0 heterocycles. The molecule has 2 unspecified atom stereocenters. The van der Waals surface area contributed by atoms with Crippen LogP contribution in [0.15, 0.2) is 18.2 Å². The molecule has 130 valence electrons. The zero-order valence-electron chi connectivity index (χ0n) is 15.4. The molecule has 3 nitrogen and oxygen atoms in total. The first kappa shape index (κ1) is 19.7. The van der Waals surface area contributed by atoms with E-state index in [2.05, 4.69) is 33.8 Å². The highest BCUT2D eigenvalue weighted by atomic mass is 16.5. The standard InChI is InChI=1S/C20H32O3/c1-13(2)10-17-8-7-9-18(19(17)11-14(3)4)20(22)23-16(6)12-15(5)21/h7-9,13-16,21H,10-12H2,1-6H3. The molecule has 23 heavy (non-hydrogen) atoms. The molecule has 1 aromatic carbocycles. The van der Waals surface area contributed by atoms with Crippen LogP contribution >= 0.6 is 0 Å². The summed E-state index contributed by atoms with van der Waals surface area (Å²) < 4.78 is 5.53. The summed E-state index contributed by atoms with van der Waals surface area (Å²) in [5.41, 5.74) is 3.03. The van der Waals surface area contributed by atoms with Gasteiger partial charge in [-0.25, -0.2) is 4.79 Å². The molecular weight excluding hydrogens is 288 g/mol. The molecule has 0 aromatic heterocycles. The lowest BCUT2D eigenvalue weighted by Gasteiger charge is -2.19. The number of hydrogen-bond donors (Lipinski definition) is 1. The van der Waals surface area contributed by atoms with E-state index in [-0.39, 0.29) is 12.1 Å². The predicted molar refractivity (Wildman–Crippen MR) is 94.7 cm³/mol. The van der Waals surface area contributed by atoms with Crippen molar-refractivity contribution in [1.82, 2.24) is 0 Å². The van der Waals surface area contributed by atoms with Gasteiger partial charge in [0, 0.05) is 6.42 Å². The molecule has 0 saturated carbocycles. The maximum absolute atomic E-state index is 12.6. The molecular formula is C20H32O3. The number of ether oxygens (including phenoxy) is 1. The highest BCUT2D eigenvalue weighted by Crippen LogP contribution is 2.23. The van der Waals surface area contributed by atoms with Gasteiger partial charge in [-0.2, -0.15) is 0 Å².